The van der Waals surface area contributed by atoms with Gasteiger partial charge < -0.3 is 4.52 Å². The van der Waals surface area contributed by atoms with Crippen LogP contribution in [0.2, 0.25) is 0 Å². The molecule has 4 aromatic heterocycles. The maximum absolute atomic E-state index is 13.3. The van der Waals surface area contributed by atoms with Crippen LogP contribution in [0.4, 0.5) is 0 Å². The lowest BCUT2D eigenvalue weighted by molar-refractivity contribution is 0.375. The Balaban J connectivity index is 1.78. The van der Waals surface area contributed by atoms with Crippen LogP contribution in [-0.4, -0.2) is 19.7 Å². The predicted molar refractivity (Wildman–Crippen MR) is 115 cm³/mol. The standard InChI is InChI=1S/C19H18N4O2S3/c1-4-8-23-18(24)15-12(13-7-6-9-26-13)10-27-17(15)21-19(23)28-11(3)16-20-14(5-2)22-25-16/h4,6-7,9-11H,1,5,8H2,2-3H3. The molecule has 1 unspecified atom stereocenters. The minimum atomic E-state index is -0.120. The first-order valence-corrected chi connectivity index (χ1v) is 11.4. The van der Waals surface area contributed by atoms with Crippen molar-refractivity contribution in [1.82, 2.24) is 19.7 Å². The fourth-order valence-corrected chi connectivity index (χ4v) is 5.53. The topological polar surface area (TPSA) is 73.8 Å². The van der Waals surface area contributed by atoms with E-state index in [2.05, 4.69) is 16.7 Å². The number of thiophene rings is 2. The second-order valence-corrected chi connectivity index (χ2v) is 9.18. The van der Waals surface area contributed by atoms with Gasteiger partial charge in [-0.15, -0.1) is 29.3 Å². The Kier molecular flexibility index (Phi) is 5.47. The highest BCUT2D eigenvalue weighted by Crippen LogP contribution is 2.37. The molecular weight excluding hydrogens is 412 g/mol. The van der Waals surface area contributed by atoms with E-state index < -0.39 is 0 Å². The van der Waals surface area contributed by atoms with Crippen LogP contribution >= 0.6 is 34.4 Å². The van der Waals surface area contributed by atoms with Crippen molar-refractivity contribution in [2.24, 2.45) is 0 Å². The lowest BCUT2D eigenvalue weighted by atomic mass is 10.2. The molecule has 0 aliphatic carbocycles. The predicted octanol–water partition coefficient (Wildman–Crippen LogP) is 5.17. The van der Waals surface area contributed by atoms with E-state index >= 15 is 0 Å². The van der Waals surface area contributed by atoms with Gasteiger partial charge in [-0.25, -0.2) is 4.98 Å². The molecular formula is C19H18N4O2S3. The number of rotatable bonds is 7. The molecule has 144 valence electrons. The third-order valence-electron chi connectivity index (χ3n) is 4.19. The normalized spacial score (nSPS) is 12.5. The van der Waals surface area contributed by atoms with Crippen LogP contribution in [0, 0.1) is 0 Å². The van der Waals surface area contributed by atoms with Gasteiger partial charge in [0.1, 0.15) is 4.83 Å². The van der Waals surface area contributed by atoms with Gasteiger partial charge in [0.25, 0.3) is 5.56 Å². The number of nitrogens with zero attached hydrogens (tertiary/aromatic N) is 4. The van der Waals surface area contributed by atoms with Crippen molar-refractivity contribution >= 4 is 44.7 Å². The number of hydrogen-bond donors (Lipinski definition) is 0. The third kappa shape index (κ3) is 3.45. The maximum Gasteiger partial charge on any atom is 0.263 e. The Morgan fingerprint density at radius 2 is 2.25 bits per heavy atom. The van der Waals surface area contributed by atoms with Gasteiger partial charge in [-0.1, -0.05) is 36.0 Å². The smallest absolute Gasteiger partial charge is 0.263 e. The van der Waals surface area contributed by atoms with Crippen LogP contribution in [0.15, 0.2) is 50.0 Å². The Morgan fingerprint density at radius 1 is 1.39 bits per heavy atom. The number of thioether (sulfide) groups is 1. The van der Waals surface area contributed by atoms with Gasteiger partial charge in [0.2, 0.25) is 5.89 Å². The van der Waals surface area contributed by atoms with Crippen molar-refractivity contribution in [3.05, 3.63) is 57.6 Å². The van der Waals surface area contributed by atoms with E-state index in [1.807, 2.05) is 36.7 Å². The maximum atomic E-state index is 13.3. The molecule has 28 heavy (non-hydrogen) atoms. The first kappa shape index (κ1) is 19.1. The van der Waals surface area contributed by atoms with E-state index in [9.17, 15) is 4.79 Å². The molecule has 9 heteroatoms. The molecule has 4 rings (SSSR count). The van der Waals surface area contributed by atoms with E-state index in [1.54, 1.807) is 22.0 Å². The summed E-state index contributed by atoms with van der Waals surface area (Å²) in [6.07, 6.45) is 2.43. The minimum absolute atomic E-state index is 0.0518. The van der Waals surface area contributed by atoms with Crippen LogP contribution in [0.1, 0.15) is 30.8 Å². The van der Waals surface area contributed by atoms with Crippen LogP contribution < -0.4 is 5.56 Å². The molecule has 0 fully saturated rings. The quantitative estimate of drug-likeness (QED) is 0.229. The summed E-state index contributed by atoms with van der Waals surface area (Å²) < 4.78 is 7.01. The van der Waals surface area contributed by atoms with Crippen LogP contribution in [-0.2, 0) is 13.0 Å². The zero-order chi connectivity index (χ0) is 19.7. The monoisotopic (exact) mass is 430 g/mol. The highest BCUT2D eigenvalue weighted by molar-refractivity contribution is 7.99. The lowest BCUT2D eigenvalue weighted by Crippen LogP contribution is -2.22. The van der Waals surface area contributed by atoms with Gasteiger partial charge in [0.15, 0.2) is 11.0 Å². The molecule has 0 aliphatic heterocycles. The second-order valence-electron chi connectivity index (χ2n) is 6.07. The summed E-state index contributed by atoms with van der Waals surface area (Å²) in [5, 5.41) is 9.14. The number of aromatic nitrogens is 4. The van der Waals surface area contributed by atoms with E-state index in [4.69, 9.17) is 9.51 Å². The number of allylic oxidation sites excluding steroid dienone is 1. The van der Waals surface area contributed by atoms with Gasteiger partial charge >= 0.3 is 0 Å². The van der Waals surface area contributed by atoms with Crippen LogP contribution in [0.3, 0.4) is 0 Å². The van der Waals surface area contributed by atoms with Crippen molar-refractivity contribution in [3.63, 3.8) is 0 Å². The summed E-state index contributed by atoms with van der Waals surface area (Å²) in [5.74, 6) is 1.21. The molecule has 0 saturated heterocycles. The molecule has 0 aliphatic rings. The molecule has 4 aromatic rings. The largest absolute Gasteiger partial charge is 0.338 e. The van der Waals surface area contributed by atoms with Gasteiger partial charge in [0, 0.05) is 28.8 Å². The van der Waals surface area contributed by atoms with E-state index in [-0.39, 0.29) is 10.8 Å². The Morgan fingerprint density at radius 3 is 2.93 bits per heavy atom. The van der Waals surface area contributed by atoms with Gasteiger partial charge in [-0.05, 0) is 18.4 Å². The summed E-state index contributed by atoms with van der Waals surface area (Å²) in [6, 6.07) is 4.01. The van der Waals surface area contributed by atoms with Crippen molar-refractivity contribution in [2.75, 3.05) is 0 Å². The summed E-state index contributed by atoms with van der Waals surface area (Å²) in [6.45, 7) is 8.13. The average Bonchev–Trinajstić information content (AvgIpc) is 3.44. The molecule has 0 N–H and O–H groups in total. The summed E-state index contributed by atoms with van der Waals surface area (Å²) in [7, 11) is 0. The fourth-order valence-electron chi connectivity index (χ4n) is 2.78. The molecule has 0 aromatic carbocycles. The van der Waals surface area contributed by atoms with Crippen LogP contribution in [0.25, 0.3) is 20.7 Å². The molecule has 0 spiro atoms. The number of fused-ring (bicyclic) bond motifs is 1. The van der Waals surface area contributed by atoms with E-state index in [0.717, 1.165) is 15.3 Å². The zero-order valence-corrected chi connectivity index (χ0v) is 17.9. The Bertz CT molecular complexity index is 1170. The Hall–Kier alpha value is -2.23. The Labute approximate surface area is 173 Å². The summed E-state index contributed by atoms with van der Waals surface area (Å²) in [5.41, 5.74) is 0.892. The van der Waals surface area contributed by atoms with Gasteiger partial charge in [-0.3, -0.25) is 9.36 Å². The molecule has 4 heterocycles. The van der Waals surface area contributed by atoms with Gasteiger partial charge in [0.05, 0.1) is 10.6 Å². The van der Waals surface area contributed by atoms with Crippen molar-refractivity contribution < 1.29 is 4.52 Å². The summed E-state index contributed by atoms with van der Waals surface area (Å²) >= 11 is 4.55. The van der Waals surface area contributed by atoms with Crippen molar-refractivity contribution in [1.29, 1.82) is 0 Å². The molecule has 6 nitrogen and oxygen atoms in total. The third-order valence-corrected chi connectivity index (χ3v) is 7.04. The van der Waals surface area contributed by atoms with Crippen LogP contribution in [0.5, 0.6) is 0 Å². The van der Waals surface area contributed by atoms with E-state index in [0.29, 0.717) is 35.2 Å². The van der Waals surface area contributed by atoms with Crippen molar-refractivity contribution in [3.8, 4) is 10.4 Å². The zero-order valence-electron chi connectivity index (χ0n) is 15.4. The summed E-state index contributed by atoms with van der Waals surface area (Å²) in [4.78, 5) is 24.3. The number of aryl methyl sites for hydroxylation is 1. The average molecular weight is 431 g/mol. The lowest BCUT2D eigenvalue weighted by Gasteiger charge is -2.12. The first-order valence-electron chi connectivity index (χ1n) is 8.78. The SMILES string of the molecule is C=CCn1c(SC(C)c2nc(CC)no2)nc2scc(-c3cccs3)c2c1=O. The molecule has 0 radical (unpaired) electrons. The molecule has 0 bridgehead atoms. The second kappa shape index (κ2) is 8.02. The minimum Gasteiger partial charge on any atom is -0.338 e. The first-order chi connectivity index (χ1) is 13.6. The molecule has 0 saturated carbocycles. The highest BCUT2D eigenvalue weighted by atomic mass is 32.2. The van der Waals surface area contributed by atoms with E-state index in [1.165, 1.54) is 23.1 Å². The fraction of sp³-hybridized carbons (Fsp3) is 0.263. The van der Waals surface area contributed by atoms with Gasteiger partial charge in [-0.2, -0.15) is 4.98 Å². The number of hydrogen-bond acceptors (Lipinski definition) is 8. The molecule has 1 atom stereocenters. The highest BCUT2D eigenvalue weighted by Gasteiger charge is 2.21. The van der Waals surface area contributed by atoms with Crippen molar-refractivity contribution in [2.45, 2.75) is 37.2 Å². The molecule has 0 amide bonds.